The number of benzene rings is 1. The molecule has 25 heavy (non-hydrogen) atoms. The molecule has 0 bridgehead atoms. The molecule has 2 N–H and O–H groups in total. The number of nitrogens with one attached hydrogen (secondary N) is 2. The molecule has 142 valence electrons. The number of amides is 1. The van der Waals surface area contributed by atoms with Gasteiger partial charge in [0.15, 0.2) is 0 Å². The molecule has 0 aromatic heterocycles. The Morgan fingerprint density at radius 1 is 1.36 bits per heavy atom. The summed E-state index contributed by atoms with van der Waals surface area (Å²) in [5, 5.41) is 6.24. The Bertz CT molecular complexity index is 526. The second kappa shape index (κ2) is 11.3. The van der Waals surface area contributed by atoms with Gasteiger partial charge in [0.1, 0.15) is 12.4 Å². The molecule has 1 heterocycles. The maximum atomic E-state index is 12.2. The van der Waals surface area contributed by atoms with Gasteiger partial charge in [-0.3, -0.25) is 4.79 Å². The number of carbonyl (C=O) groups excluding carboxylic acids is 1. The predicted molar refractivity (Wildman–Crippen MR) is 96.4 cm³/mol. The third-order valence-electron chi connectivity index (χ3n) is 4.46. The first-order chi connectivity index (χ1) is 11.5. The highest BCUT2D eigenvalue weighted by Crippen LogP contribution is 2.24. The number of halogens is 3. The summed E-state index contributed by atoms with van der Waals surface area (Å²) in [6.45, 7) is 3.95. The fourth-order valence-corrected chi connectivity index (χ4v) is 3.05. The van der Waals surface area contributed by atoms with Crippen LogP contribution in [-0.2, 0) is 11.3 Å². The minimum atomic E-state index is -2.50. The third-order valence-corrected chi connectivity index (χ3v) is 4.46. The average Bonchev–Trinajstić information content (AvgIpc) is 2.59. The van der Waals surface area contributed by atoms with E-state index in [1.54, 1.807) is 18.2 Å². The lowest BCUT2D eigenvalue weighted by Crippen LogP contribution is -2.33. The van der Waals surface area contributed by atoms with Gasteiger partial charge in [-0.2, -0.15) is 0 Å². The Morgan fingerprint density at radius 3 is 2.76 bits per heavy atom. The molecular weight excluding hydrogens is 350 g/mol. The monoisotopic (exact) mass is 376 g/mol. The van der Waals surface area contributed by atoms with E-state index in [2.05, 4.69) is 17.6 Å². The van der Waals surface area contributed by atoms with Crippen LogP contribution in [0.3, 0.4) is 0 Å². The second-order valence-corrected chi connectivity index (χ2v) is 6.40. The maximum absolute atomic E-state index is 12.2. The summed E-state index contributed by atoms with van der Waals surface area (Å²) in [5.74, 6) is 1.39. The van der Waals surface area contributed by atoms with Gasteiger partial charge in [-0.25, -0.2) is 8.78 Å². The van der Waals surface area contributed by atoms with E-state index in [4.69, 9.17) is 4.74 Å². The van der Waals surface area contributed by atoms with Crippen LogP contribution in [0.5, 0.6) is 5.75 Å². The Kier molecular flexibility index (Phi) is 9.75. The fraction of sp³-hybridized carbons (Fsp3) is 0.611. The minimum absolute atomic E-state index is 0. The molecule has 0 saturated carbocycles. The molecule has 1 atom stereocenters. The molecule has 0 radical (unpaired) electrons. The molecular formula is C18H27ClF2N2O2. The van der Waals surface area contributed by atoms with Gasteiger partial charge in [0.25, 0.3) is 6.43 Å². The summed E-state index contributed by atoms with van der Waals surface area (Å²) in [5.41, 5.74) is 0.838. The number of alkyl halides is 2. The van der Waals surface area contributed by atoms with Crippen LogP contribution in [0, 0.1) is 11.8 Å². The van der Waals surface area contributed by atoms with Crippen LogP contribution < -0.4 is 15.4 Å². The van der Waals surface area contributed by atoms with Gasteiger partial charge in [0.05, 0.1) is 0 Å². The smallest absolute Gasteiger partial charge is 0.272 e. The number of carbonyl (C=O) groups is 1. The summed E-state index contributed by atoms with van der Waals surface area (Å²) in [7, 11) is 0. The van der Waals surface area contributed by atoms with E-state index in [0.29, 0.717) is 30.6 Å². The van der Waals surface area contributed by atoms with Gasteiger partial charge in [0, 0.05) is 13.0 Å². The van der Waals surface area contributed by atoms with Crippen molar-refractivity contribution in [2.45, 2.75) is 39.2 Å². The molecule has 1 unspecified atom stereocenters. The lowest BCUT2D eigenvalue weighted by molar-refractivity contribution is -0.122. The first-order valence-corrected chi connectivity index (χ1v) is 8.52. The topological polar surface area (TPSA) is 50.4 Å². The van der Waals surface area contributed by atoms with Crippen LogP contribution in [0.25, 0.3) is 0 Å². The number of ether oxygens (including phenoxy) is 1. The Hall–Kier alpha value is -1.40. The van der Waals surface area contributed by atoms with Gasteiger partial charge in [0.2, 0.25) is 5.91 Å². The first kappa shape index (κ1) is 21.6. The third kappa shape index (κ3) is 8.01. The van der Waals surface area contributed by atoms with Crippen molar-refractivity contribution in [3.63, 3.8) is 0 Å². The standard InChI is InChI=1S/C18H26F2N2O2.ClH/c1-13(15-5-7-21-8-6-15)9-18(23)22-11-14-3-2-4-16(10-14)24-12-17(19)20;/h2-4,10,13,15,17,21H,5-9,11-12H2,1H3,(H,22,23);1H. The molecule has 1 amide bonds. The van der Waals surface area contributed by atoms with E-state index in [1.165, 1.54) is 0 Å². The maximum Gasteiger partial charge on any atom is 0.272 e. The number of rotatable bonds is 8. The van der Waals surface area contributed by atoms with Gasteiger partial charge in [-0.05, 0) is 55.5 Å². The van der Waals surface area contributed by atoms with Crippen LogP contribution in [0.1, 0.15) is 31.7 Å². The molecule has 1 saturated heterocycles. The minimum Gasteiger partial charge on any atom is -0.488 e. The number of piperidine rings is 1. The van der Waals surface area contributed by atoms with Crippen molar-refractivity contribution in [1.82, 2.24) is 10.6 Å². The Labute approximate surface area is 154 Å². The van der Waals surface area contributed by atoms with Gasteiger partial charge in [-0.15, -0.1) is 12.4 Å². The lowest BCUT2D eigenvalue weighted by atomic mass is 9.84. The zero-order valence-electron chi connectivity index (χ0n) is 14.5. The highest BCUT2D eigenvalue weighted by molar-refractivity contribution is 5.85. The highest BCUT2D eigenvalue weighted by Gasteiger charge is 2.21. The molecule has 2 rings (SSSR count). The van der Waals surface area contributed by atoms with Crippen LogP contribution in [0.2, 0.25) is 0 Å². The summed E-state index contributed by atoms with van der Waals surface area (Å²) >= 11 is 0. The van der Waals surface area contributed by atoms with Crippen molar-refractivity contribution >= 4 is 18.3 Å². The molecule has 0 spiro atoms. The molecule has 1 aromatic rings. The largest absolute Gasteiger partial charge is 0.488 e. The zero-order valence-corrected chi connectivity index (χ0v) is 15.3. The summed E-state index contributed by atoms with van der Waals surface area (Å²) in [4.78, 5) is 12.1. The average molecular weight is 377 g/mol. The molecule has 1 aliphatic rings. The van der Waals surface area contributed by atoms with Crippen molar-refractivity contribution in [2.75, 3.05) is 19.7 Å². The van der Waals surface area contributed by atoms with E-state index in [-0.39, 0.29) is 18.3 Å². The van der Waals surface area contributed by atoms with Crippen LogP contribution in [0.15, 0.2) is 24.3 Å². The van der Waals surface area contributed by atoms with Crippen molar-refractivity contribution in [3.05, 3.63) is 29.8 Å². The fourth-order valence-electron chi connectivity index (χ4n) is 3.05. The van der Waals surface area contributed by atoms with Gasteiger partial charge < -0.3 is 15.4 Å². The van der Waals surface area contributed by atoms with Crippen LogP contribution in [0.4, 0.5) is 8.78 Å². The SMILES string of the molecule is CC(CC(=O)NCc1cccc(OCC(F)F)c1)C1CCNCC1.Cl. The summed E-state index contributed by atoms with van der Waals surface area (Å²) in [6.07, 6.45) is 0.271. The van der Waals surface area contributed by atoms with Gasteiger partial charge >= 0.3 is 0 Å². The summed E-state index contributed by atoms with van der Waals surface area (Å²) < 4.78 is 29.3. The van der Waals surface area contributed by atoms with E-state index in [9.17, 15) is 13.6 Å². The zero-order chi connectivity index (χ0) is 17.4. The highest BCUT2D eigenvalue weighted by atomic mass is 35.5. The van der Waals surface area contributed by atoms with Crippen LogP contribution >= 0.6 is 12.4 Å². The van der Waals surface area contributed by atoms with Crippen molar-refractivity contribution < 1.29 is 18.3 Å². The van der Waals surface area contributed by atoms with Crippen LogP contribution in [-0.4, -0.2) is 32.0 Å². The Morgan fingerprint density at radius 2 is 2.08 bits per heavy atom. The Balaban J connectivity index is 0.00000312. The van der Waals surface area contributed by atoms with E-state index >= 15 is 0 Å². The second-order valence-electron chi connectivity index (χ2n) is 6.40. The first-order valence-electron chi connectivity index (χ1n) is 8.52. The lowest BCUT2D eigenvalue weighted by Gasteiger charge is -2.27. The predicted octanol–water partition coefficient (Wildman–Crippen LogP) is 3.39. The number of hydrogen-bond donors (Lipinski definition) is 2. The van der Waals surface area contributed by atoms with E-state index in [0.717, 1.165) is 31.5 Å². The molecule has 1 aliphatic heterocycles. The van der Waals surface area contributed by atoms with E-state index < -0.39 is 13.0 Å². The molecule has 1 fully saturated rings. The molecule has 1 aromatic carbocycles. The summed E-state index contributed by atoms with van der Waals surface area (Å²) in [6, 6.07) is 6.89. The normalized spacial score (nSPS) is 16.2. The quantitative estimate of drug-likeness (QED) is 0.731. The molecule has 4 nitrogen and oxygen atoms in total. The van der Waals surface area contributed by atoms with Crippen molar-refractivity contribution in [3.8, 4) is 5.75 Å². The van der Waals surface area contributed by atoms with Crippen molar-refractivity contribution in [1.29, 1.82) is 0 Å². The molecule has 0 aliphatic carbocycles. The number of hydrogen-bond acceptors (Lipinski definition) is 3. The molecule has 7 heteroatoms. The van der Waals surface area contributed by atoms with Crippen molar-refractivity contribution in [2.24, 2.45) is 11.8 Å². The van der Waals surface area contributed by atoms with E-state index in [1.807, 2.05) is 6.07 Å². The van der Waals surface area contributed by atoms with Gasteiger partial charge in [-0.1, -0.05) is 19.1 Å².